The van der Waals surface area contributed by atoms with Crippen molar-refractivity contribution in [1.29, 1.82) is 0 Å². The fraction of sp³-hybridized carbons (Fsp3) is 0.647. The third kappa shape index (κ3) is 14.5. The van der Waals surface area contributed by atoms with E-state index in [1.54, 1.807) is 0 Å². The number of aryl methyl sites for hydroxylation is 2. The summed E-state index contributed by atoms with van der Waals surface area (Å²) in [5.74, 6) is 0.882. The van der Waals surface area contributed by atoms with Gasteiger partial charge in [0, 0.05) is 18.6 Å². The minimum absolute atomic E-state index is 0. The Morgan fingerprint density at radius 3 is 1.97 bits per heavy atom. The molecule has 0 aliphatic rings. The Morgan fingerprint density at radius 2 is 1.41 bits per heavy atom. The molecule has 2 rings (SSSR count). The largest absolute Gasteiger partial charge is 1.00 e. The fourth-order valence-corrected chi connectivity index (χ4v) is 5.18. The molecule has 0 aliphatic carbocycles. The maximum Gasteiger partial charge on any atom is 0.316 e. The highest BCUT2D eigenvalue weighted by molar-refractivity contribution is 5.91. The molecular formula is C34H55IN2O2. The zero-order chi connectivity index (χ0) is 27.4. The Balaban J connectivity index is 0.00000760. The van der Waals surface area contributed by atoms with Crippen LogP contribution in [0.25, 0.3) is 0 Å². The second kappa shape index (κ2) is 22.1. The lowest BCUT2D eigenvalue weighted by Gasteiger charge is -2.17. The third-order valence-electron chi connectivity index (χ3n) is 7.46. The van der Waals surface area contributed by atoms with E-state index in [-0.39, 0.29) is 35.9 Å². The monoisotopic (exact) mass is 650 g/mol. The number of carbonyl (C=O) groups is 1. The van der Waals surface area contributed by atoms with Gasteiger partial charge < -0.3 is 34.0 Å². The molecule has 1 unspecified atom stereocenters. The zero-order valence-corrected chi connectivity index (χ0v) is 27.4. The van der Waals surface area contributed by atoms with E-state index in [0.717, 1.165) is 42.9 Å². The van der Waals surface area contributed by atoms with E-state index in [4.69, 9.17) is 4.74 Å². The molecule has 4 nitrogen and oxygen atoms in total. The predicted molar refractivity (Wildman–Crippen MR) is 160 cm³/mol. The lowest BCUT2D eigenvalue weighted by Crippen LogP contribution is -3.00. The molecule has 0 spiro atoms. The van der Waals surface area contributed by atoms with Crippen LogP contribution >= 0.6 is 0 Å². The number of nitrogens with zero attached hydrogens (tertiary/aromatic N) is 1. The number of nitrogens with one attached hydrogen (secondary N) is 1. The third-order valence-corrected chi connectivity index (χ3v) is 7.46. The quantitative estimate of drug-likeness (QED) is 0.102. The van der Waals surface area contributed by atoms with Gasteiger partial charge in [0.2, 0.25) is 0 Å². The Hall–Kier alpha value is -1.63. The zero-order valence-electron chi connectivity index (χ0n) is 25.3. The molecule has 1 aromatic carbocycles. The van der Waals surface area contributed by atoms with Crippen LogP contribution in [0.5, 0.6) is 5.75 Å². The molecule has 0 bridgehead atoms. The van der Waals surface area contributed by atoms with Crippen LogP contribution in [0.3, 0.4) is 0 Å². The molecule has 220 valence electrons. The Labute approximate surface area is 256 Å². The molecule has 1 heterocycles. The first-order valence-corrected chi connectivity index (χ1v) is 15.6. The smallest absolute Gasteiger partial charge is 0.316 e. The van der Waals surface area contributed by atoms with Gasteiger partial charge in [-0.25, -0.2) is 0 Å². The van der Waals surface area contributed by atoms with Gasteiger partial charge in [0.05, 0.1) is 12.6 Å². The number of hydrogen-bond acceptors (Lipinski definition) is 2. The molecule has 1 amide bonds. The van der Waals surface area contributed by atoms with Gasteiger partial charge in [-0.1, -0.05) is 103 Å². The Bertz CT molecular complexity index is 918. The lowest BCUT2D eigenvalue weighted by molar-refractivity contribution is -0.698. The van der Waals surface area contributed by atoms with Crippen LogP contribution in [0.15, 0.2) is 42.6 Å². The van der Waals surface area contributed by atoms with Crippen molar-refractivity contribution < 1.29 is 38.1 Å². The summed E-state index contributed by atoms with van der Waals surface area (Å²) in [6, 6.07) is 11.9. The minimum atomic E-state index is -0.0716. The van der Waals surface area contributed by atoms with E-state index in [1.807, 2.05) is 42.0 Å². The average Bonchev–Trinajstić information content (AvgIpc) is 2.91. The molecule has 0 fully saturated rings. The molecule has 0 aliphatic heterocycles. The molecule has 1 atom stereocenters. The van der Waals surface area contributed by atoms with Crippen molar-refractivity contribution in [2.45, 2.75) is 137 Å². The van der Waals surface area contributed by atoms with Gasteiger partial charge >= 0.3 is 5.91 Å². The summed E-state index contributed by atoms with van der Waals surface area (Å²) in [6.45, 7) is 10.2. The fourth-order valence-electron chi connectivity index (χ4n) is 5.18. The molecule has 1 N–H and O–H groups in total. The number of aromatic nitrogens is 1. The van der Waals surface area contributed by atoms with Gasteiger partial charge in [0.15, 0.2) is 6.20 Å². The van der Waals surface area contributed by atoms with Crippen molar-refractivity contribution in [3.05, 3.63) is 59.4 Å². The SMILES string of the molecule is CCCCCCCCCCCCCCCCOc1ccc(C(C)NC(=O)c2cccc[n+]2CCC)c(C)c1.[I-]. The summed E-state index contributed by atoms with van der Waals surface area (Å²) in [5.41, 5.74) is 2.97. The number of ether oxygens (including phenoxy) is 1. The van der Waals surface area contributed by atoms with E-state index in [1.165, 1.54) is 83.5 Å². The van der Waals surface area contributed by atoms with Crippen LogP contribution in [0.2, 0.25) is 0 Å². The van der Waals surface area contributed by atoms with Crippen molar-refractivity contribution >= 4 is 5.91 Å². The normalized spacial score (nSPS) is 11.6. The Kier molecular flexibility index (Phi) is 20.1. The molecule has 39 heavy (non-hydrogen) atoms. The van der Waals surface area contributed by atoms with Gasteiger partial charge in [0.25, 0.3) is 5.69 Å². The van der Waals surface area contributed by atoms with Crippen LogP contribution < -0.4 is 38.6 Å². The minimum Gasteiger partial charge on any atom is -1.00 e. The number of pyridine rings is 1. The molecule has 0 radical (unpaired) electrons. The summed E-state index contributed by atoms with van der Waals surface area (Å²) in [4.78, 5) is 12.9. The van der Waals surface area contributed by atoms with Crippen LogP contribution in [0.4, 0.5) is 0 Å². The number of hydrogen-bond donors (Lipinski definition) is 1. The highest BCUT2D eigenvalue weighted by Crippen LogP contribution is 2.23. The molecule has 0 saturated heterocycles. The van der Waals surface area contributed by atoms with Crippen molar-refractivity contribution in [2.24, 2.45) is 0 Å². The van der Waals surface area contributed by atoms with Crippen molar-refractivity contribution in [3.8, 4) is 5.75 Å². The van der Waals surface area contributed by atoms with Crippen LogP contribution in [-0.4, -0.2) is 12.5 Å². The van der Waals surface area contributed by atoms with Crippen molar-refractivity contribution in [3.63, 3.8) is 0 Å². The van der Waals surface area contributed by atoms with Gasteiger partial charge in [-0.15, -0.1) is 0 Å². The van der Waals surface area contributed by atoms with Gasteiger partial charge in [-0.3, -0.25) is 4.79 Å². The molecule has 0 saturated carbocycles. The maximum atomic E-state index is 12.9. The summed E-state index contributed by atoms with van der Waals surface area (Å²) in [6.07, 6.45) is 22.1. The van der Waals surface area contributed by atoms with Gasteiger partial charge in [-0.2, -0.15) is 4.57 Å². The summed E-state index contributed by atoms with van der Waals surface area (Å²) >= 11 is 0. The van der Waals surface area contributed by atoms with Crippen LogP contribution in [-0.2, 0) is 6.54 Å². The van der Waals surface area contributed by atoms with E-state index in [2.05, 4.69) is 38.2 Å². The molecule has 2 aromatic rings. The Morgan fingerprint density at radius 1 is 0.821 bits per heavy atom. The number of unbranched alkanes of at least 4 members (excludes halogenated alkanes) is 13. The van der Waals surface area contributed by atoms with E-state index in [0.29, 0.717) is 5.69 Å². The standard InChI is InChI=1S/C34H54N2O2.HI/c1-5-7-8-9-10-11-12-13-14-15-16-17-18-21-27-38-31-23-24-32(29(3)28-31)30(4)35-34(37)33-22-19-20-26-36(33)25-6-2;/h19-20,22-24,26,28,30H,5-18,21,25,27H2,1-4H3;1H. The first-order chi connectivity index (χ1) is 18.6. The maximum absolute atomic E-state index is 12.9. The van der Waals surface area contributed by atoms with E-state index >= 15 is 0 Å². The molecule has 1 aromatic heterocycles. The number of halogens is 1. The number of benzene rings is 1. The van der Waals surface area contributed by atoms with Crippen molar-refractivity contribution in [2.75, 3.05) is 6.61 Å². The molecular weight excluding hydrogens is 595 g/mol. The lowest BCUT2D eigenvalue weighted by atomic mass is 10.0. The van der Waals surface area contributed by atoms with Crippen LogP contribution in [0, 0.1) is 6.92 Å². The van der Waals surface area contributed by atoms with Crippen molar-refractivity contribution in [1.82, 2.24) is 5.32 Å². The van der Waals surface area contributed by atoms with E-state index in [9.17, 15) is 4.79 Å². The number of amides is 1. The summed E-state index contributed by atoms with van der Waals surface area (Å²) in [5, 5.41) is 3.17. The molecule has 5 heteroatoms. The second-order valence-electron chi connectivity index (χ2n) is 10.9. The predicted octanol–water partition coefficient (Wildman–Crippen LogP) is 6.05. The first kappa shape index (κ1) is 35.4. The second-order valence-corrected chi connectivity index (χ2v) is 10.9. The van der Waals surface area contributed by atoms with E-state index < -0.39 is 0 Å². The highest BCUT2D eigenvalue weighted by atomic mass is 127. The topological polar surface area (TPSA) is 42.2 Å². The average molecular weight is 651 g/mol. The number of rotatable bonds is 21. The first-order valence-electron chi connectivity index (χ1n) is 15.6. The van der Waals surface area contributed by atoms with Gasteiger partial charge in [-0.05, 0) is 49.6 Å². The summed E-state index contributed by atoms with van der Waals surface area (Å²) < 4.78 is 8.05. The number of carbonyl (C=O) groups excluding carboxylic acids is 1. The van der Waals surface area contributed by atoms with Gasteiger partial charge in [0.1, 0.15) is 12.3 Å². The highest BCUT2D eigenvalue weighted by Gasteiger charge is 2.21. The van der Waals surface area contributed by atoms with Crippen LogP contribution in [0.1, 0.15) is 145 Å². The summed E-state index contributed by atoms with van der Waals surface area (Å²) in [7, 11) is 0.